The standard InChI is InChI=1S/C19H29N3/c1-5-6-7-16-8-10-17(11-9-16)19(15(2)3)21-13-18-12-20-14-22(18)4/h8-12,14-15,19,21H,5-7,13H2,1-4H3. The summed E-state index contributed by atoms with van der Waals surface area (Å²) in [4.78, 5) is 4.18. The van der Waals surface area contributed by atoms with E-state index in [1.807, 2.05) is 19.6 Å². The van der Waals surface area contributed by atoms with E-state index in [1.54, 1.807) is 0 Å². The Kier molecular flexibility index (Phi) is 6.20. The first-order valence-electron chi connectivity index (χ1n) is 8.39. The molecule has 0 saturated carbocycles. The number of benzene rings is 1. The molecule has 2 rings (SSSR count). The van der Waals surface area contributed by atoms with Crippen molar-refractivity contribution in [1.82, 2.24) is 14.9 Å². The van der Waals surface area contributed by atoms with Crippen LogP contribution in [0.5, 0.6) is 0 Å². The molecule has 1 atom stereocenters. The highest BCUT2D eigenvalue weighted by atomic mass is 15.1. The summed E-state index contributed by atoms with van der Waals surface area (Å²) in [6.07, 6.45) is 7.49. The molecular formula is C19H29N3. The van der Waals surface area contributed by atoms with Gasteiger partial charge in [-0.25, -0.2) is 4.98 Å². The molecule has 1 aromatic heterocycles. The van der Waals surface area contributed by atoms with Crippen LogP contribution in [0.4, 0.5) is 0 Å². The third kappa shape index (κ3) is 4.44. The lowest BCUT2D eigenvalue weighted by molar-refractivity contribution is 0.406. The third-order valence-electron chi connectivity index (χ3n) is 4.24. The topological polar surface area (TPSA) is 29.9 Å². The van der Waals surface area contributed by atoms with Crippen molar-refractivity contribution in [3.8, 4) is 0 Å². The van der Waals surface area contributed by atoms with Gasteiger partial charge in [0, 0.05) is 25.8 Å². The van der Waals surface area contributed by atoms with Gasteiger partial charge in [0.25, 0.3) is 0 Å². The molecule has 1 aromatic carbocycles. The number of nitrogens with one attached hydrogen (secondary N) is 1. The summed E-state index contributed by atoms with van der Waals surface area (Å²) in [5.41, 5.74) is 4.03. The molecule has 120 valence electrons. The van der Waals surface area contributed by atoms with E-state index in [1.165, 1.54) is 36.1 Å². The minimum Gasteiger partial charge on any atom is -0.337 e. The summed E-state index contributed by atoms with van der Waals surface area (Å²) in [5, 5.41) is 3.68. The first kappa shape index (κ1) is 16.8. The SMILES string of the molecule is CCCCc1ccc(C(NCc2cncn2C)C(C)C)cc1. The Bertz CT molecular complexity index is 554. The molecule has 1 heterocycles. The van der Waals surface area contributed by atoms with Crippen molar-refractivity contribution in [3.05, 3.63) is 53.6 Å². The maximum atomic E-state index is 4.18. The normalized spacial score (nSPS) is 12.8. The summed E-state index contributed by atoms with van der Waals surface area (Å²) in [6.45, 7) is 7.63. The summed E-state index contributed by atoms with van der Waals surface area (Å²) < 4.78 is 2.07. The molecule has 0 saturated heterocycles. The van der Waals surface area contributed by atoms with E-state index in [9.17, 15) is 0 Å². The molecule has 22 heavy (non-hydrogen) atoms. The number of rotatable bonds is 8. The molecule has 0 bridgehead atoms. The number of nitrogens with zero attached hydrogens (tertiary/aromatic N) is 2. The zero-order chi connectivity index (χ0) is 15.9. The lowest BCUT2D eigenvalue weighted by atomic mass is 9.94. The highest BCUT2D eigenvalue weighted by molar-refractivity contribution is 5.25. The van der Waals surface area contributed by atoms with Gasteiger partial charge < -0.3 is 9.88 Å². The summed E-state index contributed by atoms with van der Waals surface area (Å²) in [7, 11) is 2.04. The van der Waals surface area contributed by atoms with Crippen molar-refractivity contribution in [3.63, 3.8) is 0 Å². The van der Waals surface area contributed by atoms with Gasteiger partial charge in [0.1, 0.15) is 0 Å². The molecule has 0 amide bonds. The first-order valence-corrected chi connectivity index (χ1v) is 8.39. The van der Waals surface area contributed by atoms with E-state index in [-0.39, 0.29) is 0 Å². The monoisotopic (exact) mass is 299 g/mol. The van der Waals surface area contributed by atoms with Gasteiger partial charge in [-0.15, -0.1) is 0 Å². The van der Waals surface area contributed by atoms with Crippen LogP contribution in [0.15, 0.2) is 36.8 Å². The average molecular weight is 299 g/mol. The molecule has 0 aliphatic rings. The molecule has 2 aromatic rings. The average Bonchev–Trinajstić information content (AvgIpc) is 2.91. The van der Waals surface area contributed by atoms with Crippen LogP contribution in [-0.4, -0.2) is 9.55 Å². The Balaban J connectivity index is 2.02. The van der Waals surface area contributed by atoms with Crippen LogP contribution >= 0.6 is 0 Å². The van der Waals surface area contributed by atoms with Crippen LogP contribution < -0.4 is 5.32 Å². The zero-order valence-corrected chi connectivity index (χ0v) is 14.3. The smallest absolute Gasteiger partial charge is 0.0945 e. The van der Waals surface area contributed by atoms with Gasteiger partial charge in [0.15, 0.2) is 0 Å². The van der Waals surface area contributed by atoms with E-state index < -0.39 is 0 Å². The summed E-state index contributed by atoms with van der Waals surface area (Å²) >= 11 is 0. The van der Waals surface area contributed by atoms with Crippen molar-refractivity contribution in [1.29, 1.82) is 0 Å². The minimum atomic E-state index is 0.370. The molecular weight excluding hydrogens is 270 g/mol. The fraction of sp³-hybridized carbons (Fsp3) is 0.526. The molecule has 3 nitrogen and oxygen atoms in total. The van der Waals surface area contributed by atoms with Gasteiger partial charge in [0.05, 0.1) is 12.0 Å². The molecule has 0 aliphatic heterocycles. The third-order valence-corrected chi connectivity index (χ3v) is 4.24. The molecule has 1 unspecified atom stereocenters. The molecule has 0 aliphatic carbocycles. The molecule has 0 spiro atoms. The Hall–Kier alpha value is -1.61. The van der Waals surface area contributed by atoms with E-state index in [4.69, 9.17) is 0 Å². The van der Waals surface area contributed by atoms with Crippen molar-refractivity contribution < 1.29 is 0 Å². The number of aryl methyl sites for hydroxylation is 2. The predicted molar refractivity (Wildman–Crippen MR) is 92.7 cm³/mol. The van der Waals surface area contributed by atoms with Gasteiger partial charge >= 0.3 is 0 Å². The van der Waals surface area contributed by atoms with Crippen molar-refractivity contribution >= 4 is 0 Å². The van der Waals surface area contributed by atoms with Gasteiger partial charge in [-0.2, -0.15) is 0 Å². The largest absolute Gasteiger partial charge is 0.337 e. The summed E-state index contributed by atoms with van der Waals surface area (Å²) in [6, 6.07) is 9.51. The Labute approximate surface area is 134 Å². The van der Waals surface area contributed by atoms with Gasteiger partial charge in [-0.1, -0.05) is 51.5 Å². The lowest BCUT2D eigenvalue weighted by Gasteiger charge is -2.23. The second-order valence-electron chi connectivity index (χ2n) is 6.44. The molecule has 0 fully saturated rings. The highest BCUT2D eigenvalue weighted by Crippen LogP contribution is 2.23. The number of unbranched alkanes of at least 4 members (excludes halogenated alkanes) is 1. The van der Waals surface area contributed by atoms with Crippen molar-refractivity contribution in [2.24, 2.45) is 13.0 Å². The Morgan fingerprint density at radius 2 is 1.91 bits per heavy atom. The van der Waals surface area contributed by atoms with E-state index >= 15 is 0 Å². The van der Waals surface area contributed by atoms with Crippen LogP contribution in [0.25, 0.3) is 0 Å². The van der Waals surface area contributed by atoms with E-state index in [2.05, 4.69) is 59.9 Å². The Morgan fingerprint density at radius 1 is 1.18 bits per heavy atom. The fourth-order valence-corrected chi connectivity index (χ4v) is 2.78. The van der Waals surface area contributed by atoms with Crippen LogP contribution in [0.1, 0.15) is 56.5 Å². The van der Waals surface area contributed by atoms with Crippen LogP contribution in [0.3, 0.4) is 0 Å². The molecule has 1 N–H and O–H groups in total. The second-order valence-corrected chi connectivity index (χ2v) is 6.44. The number of imidazole rings is 1. The molecule has 0 radical (unpaired) electrons. The highest BCUT2D eigenvalue weighted by Gasteiger charge is 2.15. The number of aromatic nitrogens is 2. The number of hydrogen-bond donors (Lipinski definition) is 1. The number of hydrogen-bond acceptors (Lipinski definition) is 2. The van der Waals surface area contributed by atoms with Crippen LogP contribution in [0.2, 0.25) is 0 Å². The lowest BCUT2D eigenvalue weighted by Crippen LogP contribution is -2.26. The van der Waals surface area contributed by atoms with Gasteiger partial charge in [-0.3, -0.25) is 0 Å². The van der Waals surface area contributed by atoms with Crippen LogP contribution in [-0.2, 0) is 20.0 Å². The van der Waals surface area contributed by atoms with E-state index in [0.29, 0.717) is 12.0 Å². The Morgan fingerprint density at radius 3 is 2.45 bits per heavy atom. The van der Waals surface area contributed by atoms with Crippen molar-refractivity contribution in [2.45, 2.75) is 52.6 Å². The summed E-state index contributed by atoms with van der Waals surface area (Å²) in [5.74, 6) is 0.551. The molecule has 3 heteroatoms. The predicted octanol–water partition coefficient (Wildman–Crippen LogP) is 4.25. The van der Waals surface area contributed by atoms with E-state index in [0.717, 1.165) is 6.54 Å². The quantitative estimate of drug-likeness (QED) is 0.789. The fourth-order valence-electron chi connectivity index (χ4n) is 2.78. The maximum absolute atomic E-state index is 4.18. The first-order chi connectivity index (χ1) is 10.6. The van der Waals surface area contributed by atoms with Gasteiger partial charge in [0.2, 0.25) is 0 Å². The van der Waals surface area contributed by atoms with Crippen LogP contribution in [0, 0.1) is 5.92 Å². The minimum absolute atomic E-state index is 0.370. The maximum Gasteiger partial charge on any atom is 0.0945 e. The zero-order valence-electron chi connectivity index (χ0n) is 14.3. The second kappa shape index (κ2) is 8.14. The van der Waals surface area contributed by atoms with Crippen molar-refractivity contribution in [2.75, 3.05) is 0 Å². The van der Waals surface area contributed by atoms with Gasteiger partial charge in [-0.05, 0) is 29.9 Å².